The first-order valence-corrected chi connectivity index (χ1v) is 16.9. The zero-order valence-electron chi connectivity index (χ0n) is 30.2. The van der Waals surface area contributed by atoms with Crippen LogP contribution in [-0.4, -0.2) is 62.6 Å². The Balaban J connectivity index is 1.89. The van der Waals surface area contributed by atoms with Crippen molar-refractivity contribution >= 4 is 18.2 Å². The first-order valence-electron chi connectivity index (χ1n) is 16.9. The van der Waals surface area contributed by atoms with Crippen molar-refractivity contribution in [2.75, 3.05) is 27.9 Å². The number of alkyl carbamates (subject to hydrolysis) is 1. The Morgan fingerprint density at radius 3 is 1.69 bits per heavy atom. The molecule has 10 heteroatoms. The number of amides is 2. The molecule has 4 aromatic rings. The number of ether oxygens (including phenoxy) is 5. The van der Waals surface area contributed by atoms with E-state index in [-0.39, 0.29) is 13.0 Å². The van der Waals surface area contributed by atoms with Gasteiger partial charge in [-0.05, 0) is 86.6 Å². The molecule has 1 atom stereocenters. The molecule has 0 aliphatic heterocycles. The lowest BCUT2D eigenvalue weighted by Gasteiger charge is -2.47. The standard InChI is InChI=1S/C41H48N2O8/c1-40(2,3)51-38(45)42-28-14-13-19-36(37(44)49-6)43(39(46)50-29-30-15-9-7-10-16-30)41(31-17-11-8-12-18-31,32-20-24-34(47-4)25-21-32)33-22-26-35(48-5)27-23-33/h7-12,15-18,20-27,36H,13-14,19,28-29H2,1-6H3,(H,42,45)/t36-/m0/s1. The van der Waals surface area contributed by atoms with E-state index < -0.39 is 35.3 Å². The van der Waals surface area contributed by atoms with Crippen molar-refractivity contribution in [2.24, 2.45) is 0 Å². The number of rotatable bonds is 15. The maximum absolute atomic E-state index is 14.9. The van der Waals surface area contributed by atoms with Gasteiger partial charge in [0.2, 0.25) is 0 Å². The van der Waals surface area contributed by atoms with E-state index in [1.165, 1.54) is 12.0 Å². The Kier molecular flexibility index (Phi) is 13.5. The summed E-state index contributed by atoms with van der Waals surface area (Å²) in [4.78, 5) is 42.7. The Morgan fingerprint density at radius 2 is 1.20 bits per heavy atom. The summed E-state index contributed by atoms with van der Waals surface area (Å²) < 4.78 is 27.9. The van der Waals surface area contributed by atoms with Gasteiger partial charge in [0, 0.05) is 6.54 Å². The van der Waals surface area contributed by atoms with Crippen molar-refractivity contribution < 1.29 is 38.1 Å². The van der Waals surface area contributed by atoms with Gasteiger partial charge in [0.05, 0.1) is 21.3 Å². The minimum absolute atomic E-state index is 0.0278. The van der Waals surface area contributed by atoms with Crippen LogP contribution in [0, 0.1) is 0 Å². The molecule has 270 valence electrons. The summed E-state index contributed by atoms with van der Waals surface area (Å²) in [6.45, 7) is 5.67. The lowest BCUT2D eigenvalue weighted by Crippen LogP contribution is -2.58. The minimum atomic E-state index is -1.42. The molecule has 0 heterocycles. The summed E-state index contributed by atoms with van der Waals surface area (Å²) in [5.41, 5.74) is 0.796. The summed E-state index contributed by atoms with van der Waals surface area (Å²) in [5.74, 6) is 0.625. The average molecular weight is 697 g/mol. The second kappa shape index (κ2) is 17.9. The average Bonchev–Trinajstić information content (AvgIpc) is 3.14. The van der Waals surface area contributed by atoms with Crippen molar-refractivity contribution in [3.05, 3.63) is 131 Å². The van der Waals surface area contributed by atoms with Gasteiger partial charge in [-0.15, -0.1) is 0 Å². The lowest BCUT2D eigenvalue weighted by molar-refractivity contribution is -0.148. The van der Waals surface area contributed by atoms with Crippen LogP contribution in [0.25, 0.3) is 0 Å². The molecule has 0 saturated carbocycles. The van der Waals surface area contributed by atoms with Crippen molar-refractivity contribution in [1.82, 2.24) is 10.2 Å². The predicted molar refractivity (Wildman–Crippen MR) is 195 cm³/mol. The lowest BCUT2D eigenvalue weighted by atomic mass is 9.74. The van der Waals surface area contributed by atoms with Gasteiger partial charge in [0.1, 0.15) is 35.3 Å². The highest BCUT2D eigenvalue weighted by Crippen LogP contribution is 2.46. The van der Waals surface area contributed by atoms with Crippen LogP contribution >= 0.6 is 0 Å². The van der Waals surface area contributed by atoms with Gasteiger partial charge < -0.3 is 29.0 Å². The van der Waals surface area contributed by atoms with Gasteiger partial charge in [-0.1, -0.05) is 84.9 Å². The van der Waals surface area contributed by atoms with Gasteiger partial charge in [0.15, 0.2) is 0 Å². The smallest absolute Gasteiger partial charge is 0.412 e. The molecule has 0 aliphatic rings. The van der Waals surface area contributed by atoms with Crippen molar-refractivity contribution in [2.45, 2.75) is 63.8 Å². The molecule has 0 aliphatic carbocycles. The van der Waals surface area contributed by atoms with Gasteiger partial charge in [-0.3, -0.25) is 4.90 Å². The summed E-state index contributed by atoms with van der Waals surface area (Å²) >= 11 is 0. The van der Waals surface area contributed by atoms with Crippen LogP contribution in [0.4, 0.5) is 9.59 Å². The van der Waals surface area contributed by atoms with Crippen LogP contribution in [0.5, 0.6) is 11.5 Å². The van der Waals surface area contributed by atoms with Crippen LogP contribution in [0.3, 0.4) is 0 Å². The number of hydrogen-bond donors (Lipinski definition) is 1. The first kappa shape index (κ1) is 38.3. The fourth-order valence-corrected chi connectivity index (χ4v) is 6.00. The van der Waals surface area contributed by atoms with Gasteiger partial charge in [0.25, 0.3) is 0 Å². The molecule has 0 unspecified atom stereocenters. The van der Waals surface area contributed by atoms with E-state index in [0.717, 1.165) is 5.56 Å². The number of carbonyl (C=O) groups excluding carboxylic acids is 3. The minimum Gasteiger partial charge on any atom is -0.497 e. The van der Waals surface area contributed by atoms with E-state index in [4.69, 9.17) is 23.7 Å². The third-order valence-electron chi connectivity index (χ3n) is 8.33. The number of esters is 1. The molecular weight excluding hydrogens is 648 g/mol. The molecular formula is C41H48N2O8. The molecule has 1 N–H and O–H groups in total. The molecule has 0 bridgehead atoms. The SMILES string of the molecule is COC(=O)[C@H](CCCCNC(=O)OC(C)(C)C)N(C(=O)OCc1ccccc1)C(c1ccccc1)(c1ccc(OC)cc1)c1ccc(OC)cc1. The third-order valence-corrected chi connectivity index (χ3v) is 8.33. The summed E-state index contributed by atoms with van der Waals surface area (Å²) in [5, 5.41) is 2.77. The summed E-state index contributed by atoms with van der Waals surface area (Å²) in [7, 11) is 4.47. The Bertz CT molecular complexity index is 1640. The maximum atomic E-state index is 14.9. The topological polar surface area (TPSA) is 113 Å². The van der Waals surface area contributed by atoms with Crippen LogP contribution < -0.4 is 14.8 Å². The van der Waals surface area contributed by atoms with E-state index in [0.29, 0.717) is 47.6 Å². The molecule has 2 amide bonds. The fourth-order valence-electron chi connectivity index (χ4n) is 6.00. The first-order chi connectivity index (χ1) is 24.5. The van der Waals surface area contributed by atoms with E-state index in [1.807, 2.05) is 109 Å². The molecule has 0 spiro atoms. The van der Waals surface area contributed by atoms with Crippen LogP contribution in [0.15, 0.2) is 109 Å². The molecule has 4 rings (SSSR count). The number of nitrogens with one attached hydrogen (secondary N) is 1. The van der Waals surface area contributed by atoms with Gasteiger partial charge in [-0.25, -0.2) is 14.4 Å². The maximum Gasteiger partial charge on any atom is 0.412 e. The van der Waals surface area contributed by atoms with Crippen LogP contribution in [-0.2, 0) is 31.2 Å². The summed E-state index contributed by atoms with van der Waals surface area (Å²) in [6, 6.07) is 32.5. The van der Waals surface area contributed by atoms with E-state index >= 15 is 0 Å². The highest BCUT2D eigenvalue weighted by Gasteiger charge is 2.51. The second-order valence-corrected chi connectivity index (χ2v) is 12.9. The highest BCUT2D eigenvalue weighted by atomic mass is 16.6. The molecule has 10 nitrogen and oxygen atoms in total. The molecule has 0 radical (unpaired) electrons. The zero-order chi connectivity index (χ0) is 36.9. The number of nitrogens with zero attached hydrogens (tertiary/aromatic N) is 1. The zero-order valence-corrected chi connectivity index (χ0v) is 30.2. The molecule has 0 fully saturated rings. The number of hydrogen-bond acceptors (Lipinski definition) is 8. The Labute approximate surface area is 300 Å². The quantitative estimate of drug-likeness (QED) is 0.0579. The third kappa shape index (κ3) is 9.81. The van der Waals surface area contributed by atoms with Crippen molar-refractivity contribution in [3.63, 3.8) is 0 Å². The second-order valence-electron chi connectivity index (χ2n) is 12.9. The van der Waals surface area contributed by atoms with Crippen LogP contribution in [0.1, 0.15) is 62.3 Å². The van der Waals surface area contributed by atoms with E-state index in [2.05, 4.69) is 5.32 Å². The number of benzene rings is 4. The fraction of sp³-hybridized carbons (Fsp3) is 0.341. The number of carbonyl (C=O) groups is 3. The highest BCUT2D eigenvalue weighted by molar-refractivity contribution is 5.83. The molecule has 4 aromatic carbocycles. The number of methoxy groups -OCH3 is 3. The molecule has 0 aromatic heterocycles. The van der Waals surface area contributed by atoms with Crippen LogP contribution in [0.2, 0.25) is 0 Å². The predicted octanol–water partition coefficient (Wildman–Crippen LogP) is 7.87. The van der Waals surface area contributed by atoms with Gasteiger partial charge >= 0.3 is 18.2 Å². The van der Waals surface area contributed by atoms with E-state index in [1.54, 1.807) is 35.0 Å². The monoisotopic (exact) mass is 696 g/mol. The molecule has 51 heavy (non-hydrogen) atoms. The largest absolute Gasteiger partial charge is 0.497 e. The Morgan fingerprint density at radius 1 is 0.686 bits per heavy atom. The summed E-state index contributed by atoms with van der Waals surface area (Å²) in [6.07, 6.45) is -0.0990. The number of unbranched alkanes of at least 4 members (excludes halogenated alkanes) is 1. The molecule has 0 saturated heterocycles. The van der Waals surface area contributed by atoms with E-state index in [9.17, 15) is 14.4 Å². The van der Waals surface area contributed by atoms with Crippen molar-refractivity contribution in [3.8, 4) is 11.5 Å². The van der Waals surface area contributed by atoms with Crippen molar-refractivity contribution in [1.29, 1.82) is 0 Å². The van der Waals surface area contributed by atoms with Gasteiger partial charge in [-0.2, -0.15) is 0 Å². The normalized spacial score (nSPS) is 11.9. The Hall–Kier alpha value is -5.51.